The van der Waals surface area contributed by atoms with E-state index in [2.05, 4.69) is 4.98 Å². The minimum Gasteiger partial charge on any atom is -0.465 e. The van der Waals surface area contributed by atoms with Crippen LogP contribution < -0.4 is 5.56 Å². The number of benzene rings is 2. The van der Waals surface area contributed by atoms with Gasteiger partial charge in [-0.1, -0.05) is 48.0 Å². The molecule has 0 radical (unpaired) electrons. The first-order valence-electron chi connectivity index (χ1n) is 7.67. The average molecular weight is 365 g/mol. The van der Waals surface area contributed by atoms with Gasteiger partial charge in [0.25, 0.3) is 5.56 Å². The Hall–Kier alpha value is -3.36. The summed E-state index contributed by atoms with van der Waals surface area (Å²) in [5.41, 5.74) is 1.38. The second kappa shape index (κ2) is 7.26. The van der Waals surface area contributed by atoms with Crippen LogP contribution in [0.2, 0.25) is 5.02 Å². The number of nitrogens with one attached hydrogen (secondary N) is 1. The fourth-order valence-electron chi connectivity index (χ4n) is 2.70. The standard InChI is InChI=1S/C20H13ClN2O3/c1-26-20(25)15-10-14(12-6-3-2-4-7-12)19(24)23-18(15)17-13(11-22)8-5-9-16(17)21/h2-10H,1H3,(H,23,24). The van der Waals surface area contributed by atoms with Gasteiger partial charge in [0.1, 0.15) is 0 Å². The first kappa shape index (κ1) is 17.5. The van der Waals surface area contributed by atoms with Crippen molar-refractivity contribution in [3.63, 3.8) is 0 Å². The van der Waals surface area contributed by atoms with Crippen LogP contribution in [0.3, 0.4) is 0 Å². The Morgan fingerprint density at radius 2 is 1.88 bits per heavy atom. The van der Waals surface area contributed by atoms with Crippen LogP contribution in [0.1, 0.15) is 15.9 Å². The van der Waals surface area contributed by atoms with Crippen LogP contribution in [0.15, 0.2) is 59.4 Å². The fraction of sp³-hybridized carbons (Fsp3) is 0.0500. The number of aromatic nitrogens is 1. The molecule has 0 saturated carbocycles. The van der Waals surface area contributed by atoms with Crippen molar-refractivity contribution in [3.05, 3.63) is 81.1 Å². The fourth-order valence-corrected chi connectivity index (χ4v) is 2.97. The molecule has 0 atom stereocenters. The van der Waals surface area contributed by atoms with Gasteiger partial charge in [0.15, 0.2) is 0 Å². The Labute approximate surface area is 154 Å². The van der Waals surface area contributed by atoms with Gasteiger partial charge in [-0.2, -0.15) is 5.26 Å². The van der Waals surface area contributed by atoms with E-state index in [9.17, 15) is 14.9 Å². The lowest BCUT2D eigenvalue weighted by atomic mass is 9.97. The molecule has 0 aliphatic heterocycles. The van der Waals surface area contributed by atoms with Gasteiger partial charge in [0.2, 0.25) is 0 Å². The summed E-state index contributed by atoms with van der Waals surface area (Å²) in [6, 6.07) is 17.2. The number of nitrogens with zero attached hydrogens (tertiary/aromatic N) is 1. The molecule has 0 aliphatic carbocycles. The third-order valence-corrected chi connectivity index (χ3v) is 4.23. The maximum absolute atomic E-state index is 12.7. The molecule has 5 nitrogen and oxygen atoms in total. The van der Waals surface area contributed by atoms with Crippen molar-refractivity contribution in [1.82, 2.24) is 4.98 Å². The number of methoxy groups -OCH3 is 1. The SMILES string of the molecule is COC(=O)c1cc(-c2ccccc2)c(=O)[nH]c1-c1c(Cl)cccc1C#N. The lowest BCUT2D eigenvalue weighted by Gasteiger charge is -2.13. The molecule has 1 N–H and O–H groups in total. The number of pyridine rings is 1. The molecule has 0 unspecified atom stereocenters. The van der Waals surface area contributed by atoms with Crippen molar-refractivity contribution in [3.8, 4) is 28.5 Å². The number of rotatable bonds is 3. The Bertz CT molecular complexity index is 1080. The molecule has 3 aromatic rings. The smallest absolute Gasteiger partial charge is 0.340 e. The second-order valence-electron chi connectivity index (χ2n) is 5.43. The largest absolute Gasteiger partial charge is 0.465 e. The van der Waals surface area contributed by atoms with E-state index in [4.69, 9.17) is 16.3 Å². The molecular weight excluding hydrogens is 352 g/mol. The van der Waals surface area contributed by atoms with E-state index in [1.807, 2.05) is 12.1 Å². The molecule has 0 bridgehead atoms. The predicted molar refractivity (Wildman–Crippen MR) is 99.0 cm³/mol. The lowest BCUT2D eigenvalue weighted by molar-refractivity contribution is 0.0601. The van der Waals surface area contributed by atoms with Gasteiger partial charge in [-0.15, -0.1) is 0 Å². The quantitative estimate of drug-likeness (QED) is 0.711. The van der Waals surface area contributed by atoms with Crippen molar-refractivity contribution in [2.75, 3.05) is 7.11 Å². The number of esters is 1. The van der Waals surface area contributed by atoms with Crippen LogP contribution in [0.4, 0.5) is 0 Å². The first-order chi connectivity index (χ1) is 12.6. The van der Waals surface area contributed by atoms with Gasteiger partial charge in [0.05, 0.1) is 35.0 Å². The van der Waals surface area contributed by atoms with Gasteiger partial charge in [-0.3, -0.25) is 4.79 Å². The first-order valence-corrected chi connectivity index (χ1v) is 8.04. The molecule has 0 aliphatic rings. The Morgan fingerprint density at radius 3 is 2.54 bits per heavy atom. The Morgan fingerprint density at radius 1 is 1.15 bits per heavy atom. The van der Waals surface area contributed by atoms with Crippen LogP contribution >= 0.6 is 11.6 Å². The van der Waals surface area contributed by atoms with Crippen molar-refractivity contribution in [2.24, 2.45) is 0 Å². The molecule has 26 heavy (non-hydrogen) atoms. The molecule has 2 aromatic carbocycles. The topological polar surface area (TPSA) is 83.0 Å². The number of carbonyl (C=O) groups is 1. The molecule has 128 valence electrons. The highest BCUT2D eigenvalue weighted by atomic mass is 35.5. The van der Waals surface area contributed by atoms with Crippen LogP contribution in [-0.2, 0) is 4.74 Å². The van der Waals surface area contributed by atoms with E-state index in [0.717, 1.165) is 0 Å². The summed E-state index contributed by atoms with van der Waals surface area (Å²) in [7, 11) is 1.25. The zero-order chi connectivity index (χ0) is 18.7. The van der Waals surface area contributed by atoms with Crippen LogP contribution in [0.5, 0.6) is 0 Å². The number of aromatic amines is 1. The lowest BCUT2D eigenvalue weighted by Crippen LogP contribution is -2.16. The van der Waals surface area contributed by atoms with E-state index in [0.29, 0.717) is 11.1 Å². The minimum absolute atomic E-state index is 0.121. The van der Waals surface area contributed by atoms with Gasteiger partial charge >= 0.3 is 5.97 Å². The molecule has 0 amide bonds. The summed E-state index contributed by atoms with van der Waals surface area (Å²) in [4.78, 5) is 27.7. The molecule has 1 aromatic heterocycles. The molecule has 0 saturated heterocycles. The normalized spacial score (nSPS) is 10.2. The number of ether oxygens (including phenoxy) is 1. The van der Waals surface area contributed by atoms with Crippen LogP contribution in [0.25, 0.3) is 22.4 Å². The number of hydrogen-bond donors (Lipinski definition) is 1. The van der Waals surface area contributed by atoms with E-state index in [-0.39, 0.29) is 27.4 Å². The number of hydrogen-bond acceptors (Lipinski definition) is 4. The van der Waals surface area contributed by atoms with Crippen molar-refractivity contribution < 1.29 is 9.53 Å². The minimum atomic E-state index is -0.641. The van der Waals surface area contributed by atoms with Gasteiger partial charge in [0, 0.05) is 11.1 Å². The molecule has 6 heteroatoms. The monoisotopic (exact) mass is 364 g/mol. The highest BCUT2D eigenvalue weighted by Crippen LogP contribution is 2.33. The van der Waals surface area contributed by atoms with Crippen LogP contribution in [-0.4, -0.2) is 18.1 Å². The number of halogens is 1. The zero-order valence-corrected chi connectivity index (χ0v) is 14.5. The van der Waals surface area contributed by atoms with E-state index >= 15 is 0 Å². The van der Waals surface area contributed by atoms with Gasteiger partial charge < -0.3 is 9.72 Å². The third-order valence-electron chi connectivity index (χ3n) is 3.92. The highest BCUT2D eigenvalue weighted by molar-refractivity contribution is 6.33. The summed E-state index contributed by atoms with van der Waals surface area (Å²) < 4.78 is 4.86. The maximum Gasteiger partial charge on any atom is 0.340 e. The van der Waals surface area contributed by atoms with Gasteiger partial charge in [-0.25, -0.2) is 4.79 Å². The van der Waals surface area contributed by atoms with Crippen molar-refractivity contribution >= 4 is 17.6 Å². The van der Waals surface area contributed by atoms with Gasteiger partial charge in [-0.05, 0) is 23.8 Å². The average Bonchev–Trinajstić information content (AvgIpc) is 2.67. The summed E-state index contributed by atoms with van der Waals surface area (Å²) in [5.74, 6) is -0.641. The van der Waals surface area contributed by atoms with E-state index in [1.165, 1.54) is 13.2 Å². The Balaban J connectivity index is 2.35. The third kappa shape index (κ3) is 3.10. The maximum atomic E-state index is 12.7. The number of nitriles is 1. The highest BCUT2D eigenvalue weighted by Gasteiger charge is 2.21. The van der Waals surface area contributed by atoms with E-state index < -0.39 is 11.5 Å². The molecule has 0 fully saturated rings. The summed E-state index contributed by atoms with van der Waals surface area (Å²) in [5, 5.41) is 9.62. The predicted octanol–water partition coefficient (Wildman–Crippen LogP) is 4.02. The summed E-state index contributed by atoms with van der Waals surface area (Å²) in [6.45, 7) is 0. The number of carbonyl (C=O) groups excluding carboxylic acids is 1. The summed E-state index contributed by atoms with van der Waals surface area (Å²) in [6.07, 6.45) is 0. The second-order valence-corrected chi connectivity index (χ2v) is 5.84. The number of H-pyrrole nitrogens is 1. The van der Waals surface area contributed by atoms with Crippen LogP contribution in [0, 0.1) is 11.3 Å². The molecule has 3 rings (SSSR count). The Kier molecular flexibility index (Phi) is 4.87. The van der Waals surface area contributed by atoms with Crippen molar-refractivity contribution in [1.29, 1.82) is 5.26 Å². The molecule has 0 spiro atoms. The van der Waals surface area contributed by atoms with E-state index in [1.54, 1.807) is 42.5 Å². The molecular formula is C20H13ClN2O3. The zero-order valence-electron chi connectivity index (χ0n) is 13.7. The molecule has 1 heterocycles. The summed E-state index contributed by atoms with van der Waals surface area (Å²) >= 11 is 6.25. The van der Waals surface area contributed by atoms with Crippen molar-refractivity contribution in [2.45, 2.75) is 0 Å².